The summed E-state index contributed by atoms with van der Waals surface area (Å²) in [5.41, 5.74) is 0.111. The van der Waals surface area contributed by atoms with E-state index in [0.717, 1.165) is 0 Å². The molecule has 1 heterocycles. The van der Waals surface area contributed by atoms with Crippen molar-refractivity contribution in [3.05, 3.63) is 29.3 Å². The summed E-state index contributed by atoms with van der Waals surface area (Å²) in [6.07, 6.45) is -4.42. The van der Waals surface area contributed by atoms with Crippen molar-refractivity contribution in [2.24, 2.45) is 10.9 Å². The Hall–Kier alpha value is -1.96. The van der Waals surface area contributed by atoms with Crippen LogP contribution in [-0.4, -0.2) is 45.4 Å². The van der Waals surface area contributed by atoms with Crippen LogP contribution in [0.3, 0.4) is 0 Å². The predicted octanol–water partition coefficient (Wildman–Crippen LogP) is 3.25. The van der Waals surface area contributed by atoms with E-state index in [1.807, 2.05) is 11.8 Å². The van der Waals surface area contributed by atoms with Gasteiger partial charge in [-0.25, -0.2) is 4.99 Å². The predicted molar refractivity (Wildman–Crippen MR) is 102 cm³/mol. The van der Waals surface area contributed by atoms with Gasteiger partial charge < -0.3 is 20.3 Å². The summed E-state index contributed by atoms with van der Waals surface area (Å²) in [7, 11) is 0. The van der Waals surface area contributed by atoms with Crippen molar-refractivity contribution in [2.75, 3.05) is 44.3 Å². The lowest BCUT2D eigenvalue weighted by atomic mass is 10.1. The Kier molecular flexibility index (Phi) is 7.77. The van der Waals surface area contributed by atoms with Crippen LogP contribution in [0, 0.1) is 5.92 Å². The number of nitrogens with zero attached hydrogens (tertiary/aromatic N) is 2. The molecule has 1 aliphatic rings. The van der Waals surface area contributed by atoms with Gasteiger partial charge >= 0.3 is 6.18 Å². The van der Waals surface area contributed by atoms with Crippen LogP contribution < -0.4 is 15.5 Å². The Bertz CT molecular complexity index is 626. The number of ether oxygens (including phenoxy) is 1. The molecule has 1 aromatic rings. The van der Waals surface area contributed by atoms with Crippen LogP contribution in [0.5, 0.6) is 0 Å². The number of benzene rings is 1. The average molecular weight is 386 g/mol. The van der Waals surface area contributed by atoms with E-state index < -0.39 is 11.7 Å². The second-order valence-electron chi connectivity index (χ2n) is 6.91. The van der Waals surface area contributed by atoms with Gasteiger partial charge in [-0.05, 0) is 30.5 Å². The lowest BCUT2D eigenvalue weighted by Crippen LogP contribution is -2.39. The summed E-state index contributed by atoms with van der Waals surface area (Å²) < 4.78 is 46.1. The monoisotopic (exact) mass is 386 g/mol. The molecule has 27 heavy (non-hydrogen) atoms. The molecule has 0 atom stereocenters. The molecule has 0 saturated carbocycles. The van der Waals surface area contributed by atoms with E-state index in [2.05, 4.69) is 29.5 Å². The van der Waals surface area contributed by atoms with Crippen molar-refractivity contribution in [1.29, 1.82) is 0 Å². The Labute approximate surface area is 159 Å². The van der Waals surface area contributed by atoms with Crippen molar-refractivity contribution in [3.8, 4) is 0 Å². The Morgan fingerprint density at radius 1 is 1.22 bits per heavy atom. The van der Waals surface area contributed by atoms with Crippen molar-refractivity contribution < 1.29 is 17.9 Å². The number of alkyl halides is 3. The minimum absolute atomic E-state index is 0.0360. The number of anilines is 1. The van der Waals surface area contributed by atoms with Crippen LogP contribution >= 0.6 is 0 Å². The van der Waals surface area contributed by atoms with Gasteiger partial charge in [0.25, 0.3) is 0 Å². The highest BCUT2D eigenvalue weighted by Crippen LogP contribution is 2.35. The van der Waals surface area contributed by atoms with Crippen LogP contribution in [0.2, 0.25) is 0 Å². The lowest BCUT2D eigenvalue weighted by Gasteiger charge is -2.29. The number of guanidine groups is 1. The average Bonchev–Trinajstić information content (AvgIpc) is 2.64. The van der Waals surface area contributed by atoms with E-state index in [1.165, 1.54) is 12.1 Å². The minimum atomic E-state index is -4.42. The van der Waals surface area contributed by atoms with E-state index in [1.54, 1.807) is 6.07 Å². The largest absolute Gasteiger partial charge is 0.416 e. The molecule has 1 saturated heterocycles. The van der Waals surface area contributed by atoms with E-state index in [0.29, 0.717) is 57.0 Å². The fourth-order valence-corrected chi connectivity index (χ4v) is 2.79. The molecular formula is C19H29F3N4O. The number of rotatable bonds is 6. The normalized spacial score (nSPS) is 16.0. The molecule has 1 aromatic carbocycles. The zero-order chi connectivity index (χ0) is 19.9. The van der Waals surface area contributed by atoms with Gasteiger partial charge in [-0.3, -0.25) is 0 Å². The van der Waals surface area contributed by atoms with Crippen molar-refractivity contribution in [3.63, 3.8) is 0 Å². The third-order valence-electron chi connectivity index (χ3n) is 4.20. The zero-order valence-corrected chi connectivity index (χ0v) is 16.2. The highest BCUT2D eigenvalue weighted by molar-refractivity contribution is 5.79. The highest BCUT2D eigenvalue weighted by Gasteiger charge is 2.34. The molecular weight excluding hydrogens is 357 g/mol. The summed E-state index contributed by atoms with van der Waals surface area (Å²) in [5.74, 6) is 0.934. The van der Waals surface area contributed by atoms with Gasteiger partial charge in [-0.15, -0.1) is 0 Å². The zero-order valence-electron chi connectivity index (χ0n) is 16.2. The van der Waals surface area contributed by atoms with Crippen LogP contribution in [-0.2, 0) is 17.5 Å². The molecule has 5 nitrogen and oxygen atoms in total. The first-order chi connectivity index (χ1) is 12.8. The highest BCUT2D eigenvalue weighted by atomic mass is 19.4. The SMILES string of the molecule is CCNC(=NCc1ccc(N2CCOCC2)cc1C(F)(F)F)NCC(C)C. The number of hydrogen-bond acceptors (Lipinski definition) is 3. The third kappa shape index (κ3) is 6.61. The van der Waals surface area contributed by atoms with Gasteiger partial charge in [-0.2, -0.15) is 13.2 Å². The number of nitrogens with one attached hydrogen (secondary N) is 2. The second-order valence-corrected chi connectivity index (χ2v) is 6.91. The molecule has 0 spiro atoms. The van der Waals surface area contributed by atoms with Gasteiger partial charge in [0, 0.05) is 31.9 Å². The number of halogens is 3. The molecule has 0 radical (unpaired) electrons. The fourth-order valence-electron chi connectivity index (χ4n) is 2.79. The summed E-state index contributed by atoms with van der Waals surface area (Å²) in [5, 5.41) is 6.21. The molecule has 0 aliphatic carbocycles. The second kappa shape index (κ2) is 9.82. The maximum absolute atomic E-state index is 13.6. The first-order valence-electron chi connectivity index (χ1n) is 9.36. The van der Waals surface area contributed by atoms with E-state index in [9.17, 15) is 13.2 Å². The smallest absolute Gasteiger partial charge is 0.378 e. The van der Waals surface area contributed by atoms with Gasteiger partial charge in [0.1, 0.15) is 0 Å². The minimum Gasteiger partial charge on any atom is -0.378 e. The molecule has 0 bridgehead atoms. The van der Waals surface area contributed by atoms with Gasteiger partial charge in [0.2, 0.25) is 0 Å². The molecule has 2 rings (SSSR count). The molecule has 8 heteroatoms. The summed E-state index contributed by atoms with van der Waals surface area (Å²) in [4.78, 5) is 6.25. The van der Waals surface area contributed by atoms with E-state index in [4.69, 9.17) is 4.74 Å². The van der Waals surface area contributed by atoms with Gasteiger partial charge in [-0.1, -0.05) is 19.9 Å². The molecule has 1 aliphatic heterocycles. The summed E-state index contributed by atoms with van der Waals surface area (Å²) in [6, 6.07) is 4.49. The summed E-state index contributed by atoms with van der Waals surface area (Å²) >= 11 is 0. The maximum Gasteiger partial charge on any atom is 0.416 e. The Morgan fingerprint density at radius 2 is 1.93 bits per heavy atom. The standard InChI is InChI=1S/C19H29F3N4O/c1-4-23-18(24-12-14(2)3)25-13-15-5-6-16(11-17(15)19(20,21)22)26-7-9-27-10-8-26/h5-6,11,14H,4,7-10,12-13H2,1-3H3,(H2,23,24,25). The molecule has 0 amide bonds. The number of aliphatic imine (C=N–C) groups is 1. The molecule has 2 N–H and O–H groups in total. The Morgan fingerprint density at radius 3 is 2.52 bits per heavy atom. The topological polar surface area (TPSA) is 48.9 Å². The van der Waals surface area contributed by atoms with Crippen LogP contribution in [0.1, 0.15) is 31.9 Å². The van der Waals surface area contributed by atoms with Gasteiger partial charge in [0.05, 0.1) is 25.3 Å². The molecule has 0 aromatic heterocycles. The molecule has 0 unspecified atom stereocenters. The molecule has 1 fully saturated rings. The maximum atomic E-state index is 13.6. The first kappa shape index (κ1) is 21.3. The number of hydrogen-bond donors (Lipinski definition) is 2. The van der Waals surface area contributed by atoms with Crippen molar-refractivity contribution in [1.82, 2.24) is 10.6 Å². The summed E-state index contributed by atoms with van der Waals surface area (Å²) in [6.45, 7) is 9.60. The number of morpholine rings is 1. The quantitative estimate of drug-likeness (QED) is 0.582. The van der Waals surface area contributed by atoms with Crippen LogP contribution in [0.25, 0.3) is 0 Å². The van der Waals surface area contributed by atoms with Gasteiger partial charge in [0.15, 0.2) is 5.96 Å². The first-order valence-corrected chi connectivity index (χ1v) is 9.36. The van der Waals surface area contributed by atoms with E-state index in [-0.39, 0.29) is 12.1 Å². The molecule has 152 valence electrons. The van der Waals surface area contributed by atoms with Crippen molar-refractivity contribution >= 4 is 11.6 Å². The van der Waals surface area contributed by atoms with Crippen molar-refractivity contribution in [2.45, 2.75) is 33.5 Å². The van der Waals surface area contributed by atoms with Crippen LogP contribution in [0.4, 0.5) is 18.9 Å². The fraction of sp³-hybridized carbons (Fsp3) is 0.632. The van der Waals surface area contributed by atoms with Crippen LogP contribution in [0.15, 0.2) is 23.2 Å². The lowest BCUT2D eigenvalue weighted by molar-refractivity contribution is -0.138. The van der Waals surface area contributed by atoms with E-state index >= 15 is 0 Å². The third-order valence-corrected chi connectivity index (χ3v) is 4.20. The Balaban J connectivity index is 2.22.